The Morgan fingerprint density at radius 1 is 1.26 bits per heavy atom. The lowest BCUT2D eigenvalue weighted by molar-refractivity contribution is 0.427. The van der Waals surface area contributed by atoms with Gasteiger partial charge in [0, 0.05) is 13.5 Å². The average Bonchev–Trinajstić information content (AvgIpc) is 2.77. The van der Waals surface area contributed by atoms with Crippen molar-refractivity contribution in [3.8, 4) is 0 Å². The van der Waals surface area contributed by atoms with Crippen molar-refractivity contribution in [1.82, 2.24) is 15.5 Å². The van der Waals surface area contributed by atoms with Gasteiger partial charge in [-0.1, -0.05) is 6.92 Å². The van der Waals surface area contributed by atoms with E-state index in [1.54, 1.807) is 6.92 Å². The van der Waals surface area contributed by atoms with Crippen LogP contribution in [0.4, 0.5) is 8.78 Å². The molecule has 1 aromatic heterocycles. The van der Waals surface area contributed by atoms with Crippen LogP contribution in [0.1, 0.15) is 18.4 Å². The highest BCUT2D eigenvalue weighted by molar-refractivity contribution is 7.99. The first-order valence-electron chi connectivity index (χ1n) is 5.76. The van der Waals surface area contributed by atoms with Crippen molar-refractivity contribution in [2.45, 2.75) is 30.5 Å². The third kappa shape index (κ3) is 3.51. The molecule has 0 fully saturated rings. The number of hydrogen-bond donors (Lipinski definition) is 1. The molecule has 1 aromatic carbocycles. The zero-order valence-corrected chi connectivity index (χ0v) is 11.4. The Labute approximate surface area is 113 Å². The van der Waals surface area contributed by atoms with Gasteiger partial charge in [0.2, 0.25) is 5.89 Å². The van der Waals surface area contributed by atoms with Gasteiger partial charge in [0.25, 0.3) is 5.22 Å². The molecule has 0 radical (unpaired) electrons. The molecule has 0 bridgehead atoms. The molecule has 0 aliphatic heterocycles. The summed E-state index contributed by atoms with van der Waals surface area (Å²) in [7, 11) is 0. The predicted octanol–water partition coefficient (Wildman–Crippen LogP) is 2.92. The van der Waals surface area contributed by atoms with Crippen molar-refractivity contribution in [2.75, 3.05) is 6.54 Å². The standard InChI is InChI=1S/C12H13F2N3OS/c1-3-15-6-8-4-9(13)11(10(14)5-8)19-12-17-16-7(2)18-12/h4-5,15H,3,6H2,1-2H3. The normalized spacial score (nSPS) is 10.9. The molecule has 0 aliphatic carbocycles. The summed E-state index contributed by atoms with van der Waals surface area (Å²) in [6.45, 7) is 4.70. The molecule has 0 spiro atoms. The molecule has 1 heterocycles. The third-order valence-electron chi connectivity index (χ3n) is 2.33. The Morgan fingerprint density at radius 2 is 1.95 bits per heavy atom. The smallest absolute Gasteiger partial charge is 0.281 e. The summed E-state index contributed by atoms with van der Waals surface area (Å²) in [4.78, 5) is -0.135. The van der Waals surface area contributed by atoms with E-state index in [-0.39, 0.29) is 10.1 Å². The molecule has 1 N–H and O–H groups in total. The number of nitrogens with one attached hydrogen (secondary N) is 1. The van der Waals surface area contributed by atoms with Crippen molar-refractivity contribution in [3.63, 3.8) is 0 Å². The Kier molecular flexibility index (Phi) is 4.49. The number of nitrogens with zero attached hydrogens (tertiary/aromatic N) is 2. The molecule has 2 aromatic rings. The number of benzene rings is 1. The zero-order chi connectivity index (χ0) is 13.8. The number of rotatable bonds is 5. The third-order valence-corrected chi connectivity index (χ3v) is 3.27. The Morgan fingerprint density at radius 3 is 2.47 bits per heavy atom. The SMILES string of the molecule is CCNCc1cc(F)c(Sc2nnc(C)o2)c(F)c1. The van der Waals surface area contributed by atoms with Crippen LogP contribution in [-0.4, -0.2) is 16.7 Å². The van der Waals surface area contributed by atoms with Gasteiger partial charge in [0.1, 0.15) is 11.6 Å². The maximum absolute atomic E-state index is 13.9. The van der Waals surface area contributed by atoms with Gasteiger partial charge in [-0.3, -0.25) is 0 Å². The fraction of sp³-hybridized carbons (Fsp3) is 0.333. The lowest BCUT2D eigenvalue weighted by Crippen LogP contribution is -2.12. The molecular formula is C12H13F2N3OS. The highest BCUT2D eigenvalue weighted by atomic mass is 32.2. The highest BCUT2D eigenvalue weighted by Crippen LogP contribution is 2.31. The first-order chi connectivity index (χ1) is 9.10. The molecule has 102 valence electrons. The Bertz CT molecular complexity index is 551. The first kappa shape index (κ1) is 14.0. The van der Waals surface area contributed by atoms with Gasteiger partial charge in [0.15, 0.2) is 0 Å². The molecule has 2 rings (SSSR count). The van der Waals surface area contributed by atoms with Gasteiger partial charge in [0.05, 0.1) is 4.90 Å². The summed E-state index contributed by atoms with van der Waals surface area (Å²) in [5, 5.41) is 10.4. The molecular weight excluding hydrogens is 272 g/mol. The van der Waals surface area contributed by atoms with Crippen LogP contribution < -0.4 is 5.32 Å². The molecule has 0 aliphatic rings. The summed E-state index contributed by atoms with van der Waals surface area (Å²) < 4.78 is 32.8. The van der Waals surface area contributed by atoms with Crippen LogP contribution in [0.15, 0.2) is 26.7 Å². The number of hydrogen-bond acceptors (Lipinski definition) is 5. The summed E-state index contributed by atoms with van der Waals surface area (Å²) in [5.74, 6) is -0.908. The van der Waals surface area contributed by atoms with Gasteiger partial charge in [-0.25, -0.2) is 8.78 Å². The van der Waals surface area contributed by atoms with Gasteiger partial charge in [-0.2, -0.15) is 0 Å². The summed E-state index contributed by atoms with van der Waals surface area (Å²) in [6, 6.07) is 2.61. The molecule has 0 unspecified atom stereocenters. The largest absolute Gasteiger partial charge is 0.416 e. The van der Waals surface area contributed by atoms with Gasteiger partial charge < -0.3 is 9.73 Å². The van der Waals surface area contributed by atoms with Crippen molar-refractivity contribution in [1.29, 1.82) is 0 Å². The second kappa shape index (κ2) is 6.12. The van der Waals surface area contributed by atoms with Crippen molar-refractivity contribution in [2.24, 2.45) is 0 Å². The summed E-state index contributed by atoms with van der Waals surface area (Å²) in [5.41, 5.74) is 0.558. The zero-order valence-electron chi connectivity index (χ0n) is 10.5. The monoisotopic (exact) mass is 285 g/mol. The van der Waals surface area contributed by atoms with E-state index < -0.39 is 11.6 Å². The van der Waals surface area contributed by atoms with Crippen LogP contribution >= 0.6 is 11.8 Å². The topological polar surface area (TPSA) is 51.0 Å². The molecule has 0 amide bonds. The number of aryl methyl sites for hydroxylation is 1. The summed E-state index contributed by atoms with van der Waals surface area (Å²) in [6.07, 6.45) is 0. The lowest BCUT2D eigenvalue weighted by Gasteiger charge is -2.06. The maximum Gasteiger partial charge on any atom is 0.281 e. The predicted molar refractivity (Wildman–Crippen MR) is 66.9 cm³/mol. The molecule has 4 nitrogen and oxygen atoms in total. The second-order valence-electron chi connectivity index (χ2n) is 3.86. The molecule has 7 heteroatoms. The van der Waals surface area contributed by atoms with Crippen LogP contribution in [0.3, 0.4) is 0 Å². The average molecular weight is 285 g/mol. The van der Waals surface area contributed by atoms with Crippen LogP contribution in [0.25, 0.3) is 0 Å². The van der Waals surface area contributed by atoms with Crippen molar-refractivity contribution in [3.05, 3.63) is 35.2 Å². The minimum atomic E-state index is -0.631. The van der Waals surface area contributed by atoms with E-state index in [4.69, 9.17) is 4.42 Å². The molecule has 0 saturated carbocycles. The second-order valence-corrected chi connectivity index (χ2v) is 4.82. The van der Waals surface area contributed by atoms with E-state index in [2.05, 4.69) is 15.5 Å². The van der Waals surface area contributed by atoms with E-state index in [1.165, 1.54) is 12.1 Å². The molecule has 0 atom stereocenters. The summed E-state index contributed by atoms with van der Waals surface area (Å²) >= 11 is 0.784. The highest BCUT2D eigenvalue weighted by Gasteiger charge is 2.15. The Balaban J connectivity index is 2.21. The maximum atomic E-state index is 13.9. The van der Waals surface area contributed by atoms with E-state index in [0.29, 0.717) is 18.0 Å². The van der Waals surface area contributed by atoms with Crippen molar-refractivity contribution >= 4 is 11.8 Å². The van der Waals surface area contributed by atoms with E-state index in [1.807, 2.05) is 6.92 Å². The van der Waals surface area contributed by atoms with E-state index in [0.717, 1.165) is 18.3 Å². The first-order valence-corrected chi connectivity index (χ1v) is 6.58. The molecule has 19 heavy (non-hydrogen) atoms. The van der Waals surface area contributed by atoms with Crippen LogP contribution in [0.5, 0.6) is 0 Å². The molecule has 0 saturated heterocycles. The van der Waals surface area contributed by atoms with Gasteiger partial charge in [-0.05, 0) is 36.0 Å². The van der Waals surface area contributed by atoms with E-state index >= 15 is 0 Å². The van der Waals surface area contributed by atoms with Crippen LogP contribution in [0, 0.1) is 18.6 Å². The van der Waals surface area contributed by atoms with Crippen LogP contribution in [-0.2, 0) is 6.54 Å². The number of halogens is 2. The quantitative estimate of drug-likeness (QED) is 0.915. The van der Waals surface area contributed by atoms with Gasteiger partial charge >= 0.3 is 0 Å². The minimum Gasteiger partial charge on any atom is -0.416 e. The number of aromatic nitrogens is 2. The van der Waals surface area contributed by atoms with Gasteiger partial charge in [-0.15, -0.1) is 10.2 Å². The minimum absolute atomic E-state index is 0.120. The van der Waals surface area contributed by atoms with E-state index in [9.17, 15) is 8.78 Å². The lowest BCUT2D eigenvalue weighted by atomic mass is 10.2. The van der Waals surface area contributed by atoms with Crippen molar-refractivity contribution < 1.29 is 13.2 Å². The fourth-order valence-electron chi connectivity index (χ4n) is 1.49. The van der Waals surface area contributed by atoms with Crippen LogP contribution in [0.2, 0.25) is 0 Å². The Hall–Kier alpha value is -1.47. The fourth-order valence-corrected chi connectivity index (χ4v) is 2.22.